The van der Waals surface area contributed by atoms with E-state index < -0.39 is 0 Å². The van der Waals surface area contributed by atoms with Crippen molar-refractivity contribution in [2.75, 3.05) is 0 Å². The second-order valence-corrected chi connectivity index (χ2v) is 6.18. The highest BCUT2D eigenvalue weighted by atomic mass is 35.5. The Morgan fingerprint density at radius 1 is 1.30 bits per heavy atom. The fourth-order valence-electron chi connectivity index (χ4n) is 2.69. The first-order chi connectivity index (χ1) is 11.1. The predicted molar refractivity (Wildman–Crippen MR) is 97.1 cm³/mol. The van der Waals surface area contributed by atoms with Crippen LogP contribution < -0.4 is 10.7 Å². The molecule has 4 nitrogen and oxygen atoms in total. The summed E-state index contributed by atoms with van der Waals surface area (Å²) in [5.74, 6) is 0.114. The Hall–Kier alpha value is -2.11. The fourth-order valence-corrected chi connectivity index (χ4v) is 3.06. The minimum atomic E-state index is 0.114. The maximum atomic E-state index is 9.71. The molecule has 1 aliphatic rings. The van der Waals surface area contributed by atoms with Gasteiger partial charge in [0.15, 0.2) is 5.11 Å². The molecule has 0 bridgehead atoms. The number of nitrogens with zero attached hydrogens (tertiary/aromatic N) is 1. The van der Waals surface area contributed by atoms with Gasteiger partial charge in [0, 0.05) is 10.6 Å². The molecule has 0 radical (unpaired) electrons. The first-order valence-electron chi connectivity index (χ1n) is 7.29. The van der Waals surface area contributed by atoms with Crippen molar-refractivity contribution in [3.63, 3.8) is 0 Å². The third-order valence-corrected chi connectivity index (χ3v) is 4.24. The van der Waals surface area contributed by atoms with Gasteiger partial charge in [-0.2, -0.15) is 5.10 Å². The number of halogens is 1. The molecule has 6 heteroatoms. The van der Waals surface area contributed by atoms with E-state index in [9.17, 15) is 5.11 Å². The van der Waals surface area contributed by atoms with Gasteiger partial charge in [0.05, 0.1) is 12.3 Å². The number of rotatable bonds is 3. The van der Waals surface area contributed by atoms with Gasteiger partial charge < -0.3 is 10.4 Å². The van der Waals surface area contributed by atoms with Gasteiger partial charge in [0.1, 0.15) is 5.75 Å². The van der Waals surface area contributed by atoms with Crippen LogP contribution in [0.5, 0.6) is 5.75 Å². The van der Waals surface area contributed by atoms with Crippen LogP contribution in [0.4, 0.5) is 0 Å². The van der Waals surface area contributed by atoms with Crippen LogP contribution in [0.2, 0.25) is 5.02 Å². The molecule has 2 aromatic rings. The van der Waals surface area contributed by atoms with Crippen molar-refractivity contribution in [3.05, 3.63) is 64.2 Å². The lowest BCUT2D eigenvalue weighted by Gasteiger charge is -2.15. The monoisotopic (exact) mass is 345 g/mol. The van der Waals surface area contributed by atoms with E-state index in [-0.39, 0.29) is 11.8 Å². The van der Waals surface area contributed by atoms with Crippen molar-refractivity contribution >= 4 is 35.1 Å². The summed E-state index contributed by atoms with van der Waals surface area (Å²) in [7, 11) is 0. The molecule has 3 N–H and O–H groups in total. The minimum absolute atomic E-state index is 0.114. The van der Waals surface area contributed by atoms with Crippen LogP contribution in [-0.2, 0) is 6.42 Å². The first-order valence-corrected chi connectivity index (χ1v) is 8.08. The summed E-state index contributed by atoms with van der Waals surface area (Å²) in [5, 5.41) is 18.0. The van der Waals surface area contributed by atoms with Crippen molar-refractivity contribution in [2.45, 2.75) is 18.9 Å². The smallest absolute Gasteiger partial charge is 0.187 e. The zero-order chi connectivity index (χ0) is 16.2. The van der Waals surface area contributed by atoms with Gasteiger partial charge in [0.25, 0.3) is 0 Å². The lowest BCUT2D eigenvalue weighted by atomic mass is 10.1. The molecule has 3 rings (SSSR count). The molecule has 1 atom stereocenters. The molecule has 118 valence electrons. The Morgan fingerprint density at radius 2 is 2.13 bits per heavy atom. The average Bonchev–Trinajstić information content (AvgIpc) is 2.94. The van der Waals surface area contributed by atoms with E-state index in [0.29, 0.717) is 15.7 Å². The topological polar surface area (TPSA) is 56.7 Å². The summed E-state index contributed by atoms with van der Waals surface area (Å²) < 4.78 is 0. The minimum Gasteiger partial charge on any atom is -0.507 e. The highest BCUT2D eigenvalue weighted by molar-refractivity contribution is 7.80. The molecule has 0 saturated heterocycles. The number of benzene rings is 2. The number of aryl methyl sites for hydroxylation is 1. The number of hydrazone groups is 1. The van der Waals surface area contributed by atoms with Gasteiger partial charge >= 0.3 is 0 Å². The maximum Gasteiger partial charge on any atom is 0.187 e. The highest BCUT2D eigenvalue weighted by Gasteiger charge is 2.22. The van der Waals surface area contributed by atoms with Crippen molar-refractivity contribution in [1.29, 1.82) is 0 Å². The lowest BCUT2D eigenvalue weighted by molar-refractivity contribution is 0.474. The molecule has 0 amide bonds. The van der Waals surface area contributed by atoms with E-state index in [0.717, 1.165) is 12.8 Å². The average molecular weight is 346 g/mol. The van der Waals surface area contributed by atoms with Crippen LogP contribution >= 0.6 is 23.8 Å². The van der Waals surface area contributed by atoms with E-state index in [2.05, 4.69) is 34.0 Å². The molecule has 1 unspecified atom stereocenters. The summed E-state index contributed by atoms with van der Waals surface area (Å²) in [6.45, 7) is 0. The molecule has 0 aromatic heterocycles. The Morgan fingerprint density at radius 3 is 3.00 bits per heavy atom. The maximum absolute atomic E-state index is 9.71. The second kappa shape index (κ2) is 6.98. The van der Waals surface area contributed by atoms with E-state index in [1.54, 1.807) is 12.1 Å². The fraction of sp³-hybridized carbons (Fsp3) is 0.176. The van der Waals surface area contributed by atoms with Crippen molar-refractivity contribution in [2.24, 2.45) is 5.10 Å². The molecular weight excluding hydrogens is 330 g/mol. The number of phenols is 1. The zero-order valence-corrected chi connectivity index (χ0v) is 13.9. The van der Waals surface area contributed by atoms with Crippen molar-refractivity contribution in [3.8, 4) is 5.75 Å². The summed E-state index contributed by atoms with van der Waals surface area (Å²) >= 11 is 11.2. The van der Waals surface area contributed by atoms with Crippen LogP contribution in [0.25, 0.3) is 0 Å². The van der Waals surface area contributed by atoms with Crippen LogP contribution in [-0.4, -0.2) is 16.4 Å². The first kappa shape index (κ1) is 15.8. The van der Waals surface area contributed by atoms with Gasteiger partial charge in [-0.1, -0.05) is 35.9 Å². The number of fused-ring (bicyclic) bond motifs is 1. The Labute approximate surface area is 145 Å². The van der Waals surface area contributed by atoms with E-state index in [1.165, 1.54) is 23.4 Å². The van der Waals surface area contributed by atoms with Gasteiger partial charge in [-0.15, -0.1) is 0 Å². The summed E-state index contributed by atoms with van der Waals surface area (Å²) in [5.41, 5.74) is 5.94. The Balaban J connectivity index is 1.58. The Kier molecular flexibility index (Phi) is 4.79. The molecule has 0 saturated carbocycles. The SMILES string of the molecule is Oc1ccc(Cl)cc1C=NNC(=S)NC1CCc2ccccc21. The van der Waals surface area contributed by atoms with Gasteiger partial charge in [-0.05, 0) is 54.4 Å². The molecule has 2 aromatic carbocycles. The lowest BCUT2D eigenvalue weighted by Crippen LogP contribution is -2.34. The number of thiocarbonyl (C=S) groups is 1. The van der Waals surface area contributed by atoms with E-state index in [1.807, 2.05) is 6.07 Å². The van der Waals surface area contributed by atoms with E-state index >= 15 is 0 Å². The van der Waals surface area contributed by atoms with Gasteiger partial charge in [-0.3, -0.25) is 5.43 Å². The summed E-state index contributed by atoms with van der Waals surface area (Å²) in [4.78, 5) is 0. The number of nitrogens with one attached hydrogen (secondary N) is 2. The quantitative estimate of drug-likeness (QED) is 0.452. The van der Waals surface area contributed by atoms with Crippen molar-refractivity contribution < 1.29 is 5.11 Å². The Bertz CT molecular complexity index is 763. The number of hydrogen-bond donors (Lipinski definition) is 3. The second-order valence-electron chi connectivity index (χ2n) is 5.34. The van der Waals surface area contributed by atoms with Gasteiger partial charge in [0.2, 0.25) is 0 Å². The predicted octanol–water partition coefficient (Wildman–Crippen LogP) is 3.53. The highest BCUT2D eigenvalue weighted by Crippen LogP contribution is 2.30. The third kappa shape index (κ3) is 3.81. The number of aromatic hydroxyl groups is 1. The van der Waals surface area contributed by atoms with E-state index in [4.69, 9.17) is 23.8 Å². The molecular formula is C17H16ClN3OS. The molecule has 1 aliphatic carbocycles. The van der Waals surface area contributed by atoms with Gasteiger partial charge in [-0.25, -0.2) is 0 Å². The molecule has 0 spiro atoms. The largest absolute Gasteiger partial charge is 0.507 e. The molecule has 0 fully saturated rings. The normalized spacial score (nSPS) is 16.3. The third-order valence-electron chi connectivity index (χ3n) is 3.80. The molecule has 0 heterocycles. The number of phenolic OH excluding ortho intramolecular Hbond substituents is 1. The molecule has 0 aliphatic heterocycles. The standard InChI is InChI=1S/C17H16ClN3OS/c18-13-6-8-16(22)12(9-13)10-19-21-17(23)20-15-7-5-11-3-1-2-4-14(11)15/h1-4,6,8-10,15,22H,5,7H2,(H2,20,21,23). The van der Waals surface area contributed by atoms with Crippen LogP contribution in [0.3, 0.4) is 0 Å². The summed E-state index contributed by atoms with van der Waals surface area (Å²) in [6.07, 6.45) is 3.55. The summed E-state index contributed by atoms with van der Waals surface area (Å²) in [6, 6.07) is 13.3. The number of hydrogen-bond acceptors (Lipinski definition) is 3. The van der Waals surface area contributed by atoms with Crippen molar-refractivity contribution in [1.82, 2.24) is 10.7 Å². The van der Waals surface area contributed by atoms with Crippen LogP contribution in [0, 0.1) is 0 Å². The van der Waals surface area contributed by atoms with Crippen LogP contribution in [0.15, 0.2) is 47.6 Å². The zero-order valence-electron chi connectivity index (χ0n) is 12.3. The molecule has 23 heavy (non-hydrogen) atoms. The van der Waals surface area contributed by atoms with Crippen LogP contribution in [0.1, 0.15) is 29.2 Å².